The molecule has 0 spiro atoms. The number of hydrogen-bond acceptors (Lipinski definition) is 3. The van der Waals surface area contributed by atoms with E-state index >= 15 is 0 Å². The number of aliphatic imine (C=N–C) groups is 1. The molecule has 1 amide bonds. The molecule has 1 aromatic heterocycles. The number of rotatable bonds is 5. The van der Waals surface area contributed by atoms with Gasteiger partial charge in [-0.05, 0) is 31.4 Å². The minimum Gasteiger partial charge on any atom is -0.355 e. The molecule has 0 unspecified atom stereocenters. The van der Waals surface area contributed by atoms with Crippen molar-refractivity contribution in [2.45, 2.75) is 39.2 Å². The quantitative estimate of drug-likeness (QED) is 0.403. The Morgan fingerprint density at radius 3 is 2.56 bits per heavy atom. The molecule has 1 saturated carbocycles. The Kier molecular flexibility index (Phi) is 8.61. The van der Waals surface area contributed by atoms with Crippen LogP contribution in [0.5, 0.6) is 0 Å². The van der Waals surface area contributed by atoms with Crippen LogP contribution in [0.2, 0.25) is 0 Å². The third kappa shape index (κ3) is 5.55. The fourth-order valence-corrected chi connectivity index (χ4v) is 3.34. The molecule has 25 heavy (non-hydrogen) atoms. The minimum atomic E-state index is -0.304. The number of aromatic nitrogens is 1. The lowest BCUT2D eigenvalue weighted by Gasteiger charge is -2.31. The average Bonchev–Trinajstić information content (AvgIpc) is 3.05. The second kappa shape index (κ2) is 9.94. The first-order valence-electron chi connectivity index (χ1n) is 8.55. The summed E-state index contributed by atoms with van der Waals surface area (Å²) in [6, 6.07) is 3.98. The summed E-state index contributed by atoms with van der Waals surface area (Å²) in [5, 5.41) is 6.63. The van der Waals surface area contributed by atoms with E-state index in [0.717, 1.165) is 36.9 Å². The number of carbonyl (C=O) groups excluding carboxylic acids is 1. The molecule has 1 aromatic rings. The third-order valence-corrected chi connectivity index (χ3v) is 4.78. The first kappa shape index (κ1) is 21.7. The van der Waals surface area contributed by atoms with Crippen LogP contribution in [0.15, 0.2) is 23.3 Å². The highest BCUT2D eigenvalue weighted by molar-refractivity contribution is 14.0. The molecule has 1 aliphatic carbocycles. The van der Waals surface area contributed by atoms with Crippen LogP contribution >= 0.6 is 24.0 Å². The van der Waals surface area contributed by atoms with Gasteiger partial charge in [0.25, 0.3) is 0 Å². The van der Waals surface area contributed by atoms with Gasteiger partial charge < -0.3 is 15.5 Å². The first-order chi connectivity index (χ1) is 11.5. The van der Waals surface area contributed by atoms with E-state index in [2.05, 4.69) is 20.6 Å². The molecule has 0 aliphatic heterocycles. The molecule has 6 nitrogen and oxygen atoms in total. The number of hydrogen-bond donors (Lipinski definition) is 2. The summed E-state index contributed by atoms with van der Waals surface area (Å²) in [5.74, 6) is 0.918. The van der Waals surface area contributed by atoms with E-state index in [1.54, 1.807) is 18.1 Å². The standard InChI is InChI=1S/C18H29N5O.HI/c1-14-8-7-11-20-15(14)12-21-17(19-2)22-13-18(9-5-6-10-18)16(24)23(3)4;/h7-8,11H,5-6,9-10,12-13H2,1-4H3,(H2,19,21,22);1H. The molecule has 1 heterocycles. The average molecular weight is 459 g/mol. The maximum atomic E-state index is 12.6. The van der Waals surface area contributed by atoms with Crippen LogP contribution in [0.4, 0.5) is 0 Å². The van der Waals surface area contributed by atoms with E-state index in [1.165, 1.54) is 0 Å². The van der Waals surface area contributed by atoms with Gasteiger partial charge in [-0.25, -0.2) is 0 Å². The molecule has 2 N–H and O–H groups in total. The maximum Gasteiger partial charge on any atom is 0.230 e. The molecule has 0 bridgehead atoms. The maximum absolute atomic E-state index is 12.6. The number of aryl methyl sites for hydroxylation is 1. The Morgan fingerprint density at radius 2 is 2.00 bits per heavy atom. The second-order valence-corrected chi connectivity index (χ2v) is 6.73. The van der Waals surface area contributed by atoms with Crippen molar-refractivity contribution in [2.24, 2.45) is 10.4 Å². The number of amides is 1. The molecule has 1 aliphatic rings. The van der Waals surface area contributed by atoms with Gasteiger partial charge in [0.05, 0.1) is 17.7 Å². The fourth-order valence-electron chi connectivity index (χ4n) is 3.34. The number of pyridine rings is 1. The van der Waals surface area contributed by atoms with Gasteiger partial charge in [0.1, 0.15) is 0 Å². The molecular weight excluding hydrogens is 429 g/mol. The van der Waals surface area contributed by atoms with E-state index in [0.29, 0.717) is 19.0 Å². The van der Waals surface area contributed by atoms with E-state index in [1.807, 2.05) is 33.2 Å². The van der Waals surface area contributed by atoms with Crippen molar-refractivity contribution in [3.8, 4) is 0 Å². The van der Waals surface area contributed by atoms with Gasteiger partial charge in [-0.2, -0.15) is 0 Å². The van der Waals surface area contributed by atoms with Crippen molar-refractivity contribution in [1.29, 1.82) is 0 Å². The second-order valence-electron chi connectivity index (χ2n) is 6.73. The minimum absolute atomic E-state index is 0. The van der Waals surface area contributed by atoms with Gasteiger partial charge >= 0.3 is 0 Å². The molecule has 140 valence electrons. The summed E-state index contributed by atoms with van der Waals surface area (Å²) >= 11 is 0. The zero-order chi connectivity index (χ0) is 17.6. The van der Waals surface area contributed by atoms with Crippen molar-refractivity contribution >= 4 is 35.8 Å². The lowest BCUT2D eigenvalue weighted by Crippen LogP contribution is -2.49. The van der Waals surface area contributed by atoms with Crippen molar-refractivity contribution in [1.82, 2.24) is 20.5 Å². The Hall–Kier alpha value is -1.38. The molecule has 0 radical (unpaired) electrons. The highest BCUT2D eigenvalue weighted by Gasteiger charge is 2.42. The fraction of sp³-hybridized carbons (Fsp3) is 0.611. The van der Waals surface area contributed by atoms with E-state index in [-0.39, 0.29) is 35.3 Å². The summed E-state index contributed by atoms with van der Waals surface area (Å²) in [5.41, 5.74) is 1.85. The van der Waals surface area contributed by atoms with Crippen LogP contribution in [0.1, 0.15) is 36.9 Å². The highest BCUT2D eigenvalue weighted by Crippen LogP contribution is 2.38. The molecular formula is C18H30IN5O. The van der Waals surface area contributed by atoms with Gasteiger partial charge in [0, 0.05) is 33.9 Å². The lowest BCUT2D eigenvalue weighted by atomic mass is 9.84. The van der Waals surface area contributed by atoms with Crippen molar-refractivity contribution in [3.05, 3.63) is 29.6 Å². The number of carbonyl (C=O) groups is 1. The molecule has 0 saturated heterocycles. The predicted octanol–water partition coefficient (Wildman–Crippen LogP) is 2.32. The Bertz CT molecular complexity index is 597. The summed E-state index contributed by atoms with van der Waals surface area (Å²) in [6.45, 7) is 3.27. The van der Waals surface area contributed by atoms with E-state index in [4.69, 9.17) is 0 Å². The predicted molar refractivity (Wildman–Crippen MR) is 112 cm³/mol. The molecule has 7 heteroatoms. The van der Waals surface area contributed by atoms with Gasteiger partial charge in [-0.15, -0.1) is 24.0 Å². The number of guanidine groups is 1. The van der Waals surface area contributed by atoms with Crippen LogP contribution in [0, 0.1) is 12.3 Å². The monoisotopic (exact) mass is 459 g/mol. The van der Waals surface area contributed by atoms with Gasteiger partial charge in [0.15, 0.2) is 5.96 Å². The Morgan fingerprint density at radius 1 is 1.32 bits per heavy atom. The molecule has 2 rings (SSSR count). The zero-order valence-electron chi connectivity index (χ0n) is 15.6. The van der Waals surface area contributed by atoms with Gasteiger partial charge in [-0.1, -0.05) is 18.9 Å². The molecule has 1 fully saturated rings. The van der Waals surface area contributed by atoms with E-state index in [9.17, 15) is 4.79 Å². The van der Waals surface area contributed by atoms with Crippen LogP contribution < -0.4 is 10.6 Å². The lowest BCUT2D eigenvalue weighted by molar-refractivity contribution is -0.138. The third-order valence-electron chi connectivity index (χ3n) is 4.78. The van der Waals surface area contributed by atoms with Crippen LogP contribution in [-0.4, -0.2) is 49.4 Å². The normalized spacial score (nSPS) is 16.1. The van der Waals surface area contributed by atoms with Gasteiger partial charge in [0.2, 0.25) is 5.91 Å². The number of nitrogens with one attached hydrogen (secondary N) is 2. The van der Waals surface area contributed by atoms with Crippen molar-refractivity contribution in [2.75, 3.05) is 27.7 Å². The summed E-state index contributed by atoms with van der Waals surface area (Å²) < 4.78 is 0. The Balaban J connectivity index is 0.00000312. The van der Waals surface area contributed by atoms with Crippen molar-refractivity contribution < 1.29 is 4.79 Å². The summed E-state index contributed by atoms with van der Waals surface area (Å²) in [7, 11) is 5.41. The molecule has 0 aromatic carbocycles. The largest absolute Gasteiger partial charge is 0.355 e. The first-order valence-corrected chi connectivity index (χ1v) is 8.55. The van der Waals surface area contributed by atoms with Crippen LogP contribution in [-0.2, 0) is 11.3 Å². The molecule has 0 atom stereocenters. The summed E-state index contributed by atoms with van der Waals surface area (Å²) in [4.78, 5) is 23.0. The highest BCUT2D eigenvalue weighted by atomic mass is 127. The van der Waals surface area contributed by atoms with Crippen molar-refractivity contribution in [3.63, 3.8) is 0 Å². The number of nitrogens with zero attached hydrogens (tertiary/aromatic N) is 3. The number of halogens is 1. The SMILES string of the molecule is CN=C(NCc1ncccc1C)NCC1(C(=O)N(C)C)CCCC1.I. The zero-order valence-corrected chi connectivity index (χ0v) is 18.0. The topological polar surface area (TPSA) is 69.6 Å². The summed E-state index contributed by atoms with van der Waals surface area (Å²) in [6.07, 6.45) is 5.89. The Labute approximate surface area is 167 Å². The van der Waals surface area contributed by atoms with Crippen LogP contribution in [0.25, 0.3) is 0 Å². The van der Waals surface area contributed by atoms with Gasteiger partial charge in [-0.3, -0.25) is 14.8 Å². The smallest absolute Gasteiger partial charge is 0.230 e. The van der Waals surface area contributed by atoms with Crippen LogP contribution in [0.3, 0.4) is 0 Å². The van der Waals surface area contributed by atoms with E-state index < -0.39 is 0 Å².